The summed E-state index contributed by atoms with van der Waals surface area (Å²) >= 11 is 0. The number of benzene rings is 2. The SMILES string of the molecule is Cc1ccccc1[C@H]1CCC[C@@](C)(c2ccccc2C)C1. The molecule has 2 aromatic rings. The molecule has 0 heteroatoms. The summed E-state index contributed by atoms with van der Waals surface area (Å²) in [5.74, 6) is 0.713. The standard InChI is InChI=1S/C21H26/c1-16-9-4-6-12-19(16)18-11-8-14-21(3,15-18)20-13-7-5-10-17(20)2/h4-7,9-10,12-13,18H,8,11,14-15H2,1-3H3/t18-,21+/m0/s1. The molecule has 0 radical (unpaired) electrons. The highest BCUT2D eigenvalue weighted by Gasteiger charge is 2.35. The highest BCUT2D eigenvalue weighted by Crippen LogP contribution is 2.46. The Kier molecular flexibility index (Phi) is 3.89. The average Bonchev–Trinajstić information content (AvgIpc) is 2.48. The van der Waals surface area contributed by atoms with Gasteiger partial charge in [-0.15, -0.1) is 0 Å². The lowest BCUT2D eigenvalue weighted by atomic mass is 9.64. The van der Waals surface area contributed by atoms with Crippen molar-refractivity contribution in [3.05, 3.63) is 70.8 Å². The predicted molar refractivity (Wildman–Crippen MR) is 90.9 cm³/mol. The molecule has 1 fully saturated rings. The Bertz CT molecular complexity index is 625. The highest BCUT2D eigenvalue weighted by molar-refractivity contribution is 5.36. The Morgan fingerprint density at radius 3 is 2.29 bits per heavy atom. The van der Waals surface area contributed by atoms with Crippen LogP contribution in [0.4, 0.5) is 0 Å². The summed E-state index contributed by atoms with van der Waals surface area (Å²) in [4.78, 5) is 0. The van der Waals surface area contributed by atoms with E-state index in [4.69, 9.17) is 0 Å². The maximum atomic E-state index is 2.47. The zero-order valence-corrected chi connectivity index (χ0v) is 13.5. The summed E-state index contributed by atoms with van der Waals surface area (Å²) in [6.45, 7) is 6.99. The van der Waals surface area contributed by atoms with Crippen LogP contribution in [0, 0.1) is 13.8 Å². The van der Waals surface area contributed by atoms with E-state index in [0.717, 1.165) is 0 Å². The molecule has 0 N–H and O–H groups in total. The van der Waals surface area contributed by atoms with Gasteiger partial charge in [-0.25, -0.2) is 0 Å². The molecule has 0 bridgehead atoms. The van der Waals surface area contributed by atoms with Gasteiger partial charge in [0, 0.05) is 0 Å². The molecular formula is C21H26. The zero-order chi connectivity index (χ0) is 14.9. The first-order valence-electron chi connectivity index (χ1n) is 8.22. The van der Waals surface area contributed by atoms with Gasteiger partial charge in [0.25, 0.3) is 0 Å². The Labute approximate surface area is 129 Å². The van der Waals surface area contributed by atoms with E-state index in [2.05, 4.69) is 69.3 Å². The van der Waals surface area contributed by atoms with Crippen molar-refractivity contribution in [1.29, 1.82) is 0 Å². The van der Waals surface area contributed by atoms with E-state index in [-0.39, 0.29) is 0 Å². The summed E-state index contributed by atoms with van der Waals surface area (Å²) < 4.78 is 0. The molecule has 110 valence electrons. The fourth-order valence-electron chi connectivity index (χ4n) is 4.29. The Hall–Kier alpha value is -1.56. The zero-order valence-electron chi connectivity index (χ0n) is 13.5. The molecule has 1 aliphatic rings. The third-order valence-electron chi connectivity index (χ3n) is 5.40. The lowest BCUT2D eigenvalue weighted by Gasteiger charge is -2.40. The summed E-state index contributed by atoms with van der Waals surface area (Å²) in [6, 6.07) is 17.9. The normalized spacial score (nSPS) is 25.8. The number of aryl methyl sites for hydroxylation is 2. The maximum Gasteiger partial charge on any atom is -0.00668 e. The van der Waals surface area contributed by atoms with Crippen LogP contribution in [-0.2, 0) is 5.41 Å². The molecule has 0 saturated heterocycles. The van der Waals surface area contributed by atoms with Gasteiger partial charge in [-0.3, -0.25) is 0 Å². The summed E-state index contributed by atoms with van der Waals surface area (Å²) in [7, 11) is 0. The van der Waals surface area contributed by atoms with Crippen molar-refractivity contribution in [1.82, 2.24) is 0 Å². The fraction of sp³-hybridized carbons (Fsp3) is 0.429. The van der Waals surface area contributed by atoms with Crippen molar-refractivity contribution in [2.24, 2.45) is 0 Å². The van der Waals surface area contributed by atoms with Crippen molar-refractivity contribution in [3.8, 4) is 0 Å². The maximum absolute atomic E-state index is 2.47. The molecule has 0 amide bonds. The average molecular weight is 278 g/mol. The van der Waals surface area contributed by atoms with Crippen molar-refractivity contribution in [2.45, 2.75) is 57.8 Å². The molecule has 0 heterocycles. The lowest BCUT2D eigenvalue weighted by molar-refractivity contribution is 0.286. The summed E-state index contributed by atoms with van der Waals surface area (Å²) in [5, 5.41) is 0. The van der Waals surface area contributed by atoms with Crippen LogP contribution in [0.3, 0.4) is 0 Å². The molecular weight excluding hydrogens is 252 g/mol. The lowest BCUT2D eigenvalue weighted by Crippen LogP contribution is -2.30. The molecule has 0 unspecified atom stereocenters. The van der Waals surface area contributed by atoms with E-state index in [1.54, 1.807) is 11.1 Å². The third-order valence-corrected chi connectivity index (χ3v) is 5.40. The molecule has 2 atom stereocenters. The van der Waals surface area contributed by atoms with Crippen LogP contribution >= 0.6 is 0 Å². The van der Waals surface area contributed by atoms with E-state index >= 15 is 0 Å². The minimum atomic E-state index is 0.330. The van der Waals surface area contributed by atoms with Gasteiger partial charge in [0.2, 0.25) is 0 Å². The van der Waals surface area contributed by atoms with E-state index in [0.29, 0.717) is 11.3 Å². The van der Waals surface area contributed by atoms with Crippen molar-refractivity contribution >= 4 is 0 Å². The van der Waals surface area contributed by atoms with Crippen LogP contribution < -0.4 is 0 Å². The highest BCUT2D eigenvalue weighted by atomic mass is 14.4. The minimum absolute atomic E-state index is 0.330. The molecule has 0 spiro atoms. The number of hydrogen-bond donors (Lipinski definition) is 0. The van der Waals surface area contributed by atoms with Crippen molar-refractivity contribution in [2.75, 3.05) is 0 Å². The second kappa shape index (κ2) is 5.67. The van der Waals surface area contributed by atoms with Crippen LogP contribution in [0.1, 0.15) is 60.8 Å². The Balaban J connectivity index is 1.93. The minimum Gasteiger partial charge on any atom is -0.0620 e. The van der Waals surface area contributed by atoms with Gasteiger partial charge >= 0.3 is 0 Å². The second-order valence-corrected chi connectivity index (χ2v) is 7.03. The smallest absolute Gasteiger partial charge is 0.00668 e. The second-order valence-electron chi connectivity index (χ2n) is 7.03. The van der Waals surface area contributed by atoms with Gasteiger partial charge in [-0.1, -0.05) is 61.9 Å². The molecule has 21 heavy (non-hydrogen) atoms. The summed E-state index contributed by atoms with van der Waals surface area (Å²) in [5.41, 5.74) is 6.36. The third kappa shape index (κ3) is 2.77. The molecule has 1 saturated carbocycles. The molecule has 1 aliphatic carbocycles. The van der Waals surface area contributed by atoms with Gasteiger partial charge in [-0.05, 0) is 66.7 Å². The van der Waals surface area contributed by atoms with E-state index < -0.39 is 0 Å². The van der Waals surface area contributed by atoms with E-state index in [1.165, 1.54) is 36.8 Å². The first kappa shape index (κ1) is 14.4. The molecule has 0 aliphatic heterocycles. The van der Waals surface area contributed by atoms with Crippen molar-refractivity contribution in [3.63, 3.8) is 0 Å². The van der Waals surface area contributed by atoms with Crippen LogP contribution in [0.15, 0.2) is 48.5 Å². The van der Waals surface area contributed by atoms with Gasteiger partial charge in [0.15, 0.2) is 0 Å². The quantitative estimate of drug-likeness (QED) is 0.639. The van der Waals surface area contributed by atoms with Crippen LogP contribution in [0.2, 0.25) is 0 Å². The van der Waals surface area contributed by atoms with Crippen LogP contribution in [0.25, 0.3) is 0 Å². The first-order chi connectivity index (χ1) is 10.1. The van der Waals surface area contributed by atoms with Gasteiger partial charge < -0.3 is 0 Å². The molecule has 2 aromatic carbocycles. The molecule has 0 nitrogen and oxygen atoms in total. The number of hydrogen-bond acceptors (Lipinski definition) is 0. The predicted octanol–water partition coefficient (Wildman–Crippen LogP) is 5.92. The largest absolute Gasteiger partial charge is 0.0620 e. The Morgan fingerprint density at radius 1 is 0.905 bits per heavy atom. The molecule has 0 aromatic heterocycles. The molecule has 3 rings (SSSR count). The monoisotopic (exact) mass is 278 g/mol. The van der Waals surface area contributed by atoms with Crippen LogP contribution in [0.5, 0.6) is 0 Å². The summed E-state index contributed by atoms with van der Waals surface area (Å²) in [6.07, 6.45) is 5.28. The van der Waals surface area contributed by atoms with Crippen molar-refractivity contribution < 1.29 is 0 Å². The van der Waals surface area contributed by atoms with E-state index in [1.807, 2.05) is 0 Å². The first-order valence-corrected chi connectivity index (χ1v) is 8.22. The Morgan fingerprint density at radius 2 is 1.57 bits per heavy atom. The van der Waals surface area contributed by atoms with E-state index in [9.17, 15) is 0 Å². The number of rotatable bonds is 2. The van der Waals surface area contributed by atoms with Gasteiger partial charge in [-0.2, -0.15) is 0 Å². The van der Waals surface area contributed by atoms with Gasteiger partial charge in [0.05, 0.1) is 0 Å². The fourth-order valence-corrected chi connectivity index (χ4v) is 4.29. The topological polar surface area (TPSA) is 0 Å². The van der Waals surface area contributed by atoms with Gasteiger partial charge in [0.1, 0.15) is 0 Å². The van der Waals surface area contributed by atoms with Crippen LogP contribution in [-0.4, -0.2) is 0 Å².